The Kier molecular flexibility index (Phi) is 9.64. The topological polar surface area (TPSA) is 137 Å². The molecule has 0 unspecified atom stereocenters. The minimum absolute atomic E-state index is 0.0443. The van der Waals surface area contributed by atoms with E-state index in [1.807, 2.05) is 54.1 Å². The van der Waals surface area contributed by atoms with Crippen LogP contribution in [0.25, 0.3) is 11.0 Å². The normalized spacial score (nSPS) is 11.6. The van der Waals surface area contributed by atoms with Gasteiger partial charge in [-0.3, -0.25) is 14.5 Å². The Balaban J connectivity index is 1.64. The number of anilines is 2. The van der Waals surface area contributed by atoms with Crippen molar-refractivity contribution in [2.24, 2.45) is 12.8 Å². The van der Waals surface area contributed by atoms with Crippen molar-refractivity contribution in [1.29, 1.82) is 5.41 Å². The summed E-state index contributed by atoms with van der Waals surface area (Å²) in [6.07, 6.45) is 1.46. The number of carbonyl (C=O) groups excluding carboxylic acids is 1. The molecule has 0 bridgehead atoms. The van der Waals surface area contributed by atoms with Crippen LogP contribution >= 0.6 is 0 Å². The first-order valence-electron chi connectivity index (χ1n) is 14.0. The molecule has 4 N–H and O–H groups in total. The molecule has 0 saturated carbocycles. The average molecular weight is 590 g/mol. The van der Waals surface area contributed by atoms with Gasteiger partial charge in [0.2, 0.25) is 5.91 Å². The third-order valence-electron chi connectivity index (χ3n) is 7.42. The van der Waals surface area contributed by atoms with Gasteiger partial charge in [0.15, 0.2) is 0 Å². The van der Waals surface area contributed by atoms with E-state index < -0.39 is 10.0 Å². The Morgan fingerprint density at radius 3 is 2.24 bits per heavy atom. The van der Waals surface area contributed by atoms with E-state index in [1.165, 1.54) is 23.4 Å². The van der Waals surface area contributed by atoms with Crippen LogP contribution in [-0.4, -0.2) is 60.8 Å². The molecular weight excluding hydrogens is 550 g/mol. The number of fused-ring (bicyclic) bond motifs is 1. The summed E-state index contributed by atoms with van der Waals surface area (Å²) in [5.74, 6) is 0.715. The molecule has 0 aliphatic rings. The Hall–Kier alpha value is -4.22. The van der Waals surface area contributed by atoms with Gasteiger partial charge in [-0.05, 0) is 67.5 Å². The van der Waals surface area contributed by atoms with Crippen molar-refractivity contribution in [3.8, 4) is 0 Å². The third kappa shape index (κ3) is 6.97. The largest absolute Gasteiger partial charge is 0.384 e. The number of aromatic nitrogens is 2. The maximum atomic E-state index is 14.0. The van der Waals surface area contributed by atoms with Gasteiger partial charge in [-0.25, -0.2) is 13.4 Å². The maximum absolute atomic E-state index is 14.0. The Bertz CT molecular complexity index is 1660. The number of imidazole rings is 1. The first-order valence-corrected chi connectivity index (χ1v) is 15.5. The van der Waals surface area contributed by atoms with Crippen LogP contribution in [0, 0.1) is 5.41 Å². The molecule has 1 amide bonds. The zero-order chi connectivity index (χ0) is 30.4. The lowest BCUT2D eigenvalue weighted by atomic mass is 10.1. The molecule has 42 heavy (non-hydrogen) atoms. The summed E-state index contributed by atoms with van der Waals surface area (Å²) in [5.41, 5.74) is 10.1. The van der Waals surface area contributed by atoms with E-state index in [4.69, 9.17) is 16.1 Å². The molecule has 11 heteroatoms. The fourth-order valence-electron chi connectivity index (χ4n) is 4.92. The Labute approximate surface area is 247 Å². The molecule has 0 spiro atoms. The van der Waals surface area contributed by atoms with E-state index in [9.17, 15) is 13.2 Å². The number of hydrogen-bond donors (Lipinski definition) is 3. The van der Waals surface area contributed by atoms with Gasteiger partial charge in [0, 0.05) is 44.7 Å². The number of aryl methyl sites for hydroxylation is 3. The van der Waals surface area contributed by atoms with Crippen molar-refractivity contribution < 1.29 is 13.2 Å². The molecule has 0 saturated heterocycles. The van der Waals surface area contributed by atoms with E-state index in [0.29, 0.717) is 29.9 Å². The van der Waals surface area contributed by atoms with Crippen LogP contribution in [0.1, 0.15) is 37.7 Å². The quantitative estimate of drug-likeness (QED) is 0.158. The smallest absolute Gasteiger partial charge is 0.264 e. The van der Waals surface area contributed by atoms with Crippen molar-refractivity contribution in [3.05, 3.63) is 83.7 Å². The summed E-state index contributed by atoms with van der Waals surface area (Å²) in [6, 6.07) is 19.5. The summed E-state index contributed by atoms with van der Waals surface area (Å²) in [6.45, 7) is 8.00. The Morgan fingerprint density at radius 1 is 0.976 bits per heavy atom. The molecule has 1 heterocycles. The highest BCUT2D eigenvalue weighted by atomic mass is 32.2. The van der Waals surface area contributed by atoms with Crippen LogP contribution in [0.5, 0.6) is 0 Å². The van der Waals surface area contributed by atoms with Crippen molar-refractivity contribution in [3.63, 3.8) is 0 Å². The summed E-state index contributed by atoms with van der Waals surface area (Å²) < 4.78 is 31.4. The second-order valence-electron chi connectivity index (χ2n) is 10.2. The lowest BCUT2D eigenvalue weighted by Gasteiger charge is -2.28. The van der Waals surface area contributed by atoms with Crippen LogP contribution in [0.3, 0.4) is 0 Å². The number of nitrogen functional groups attached to an aromatic ring is 1. The van der Waals surface area contributed by atoms with Crippen LogP contribution in [0.2, 0.25) is 0 Å². The summed E-state index contributed by atoms with van der Waals surface area (Å²) in [5, 5.41) is 10.2. The molecule has 1 aromatic heterocycles. The highest BCUT2D eigenvalue weighted by Crippen LogP contribution is 2.28. The van der Waals surface area contributed by atoms with Gasteiger partial charge in [-0.1, -0.05) is 38.1 Å². The number of amidine groups is 1. The van der Waals surface area contributed by atoms with E-state index in [-0.39, 0.29) is 23.2 Å². The fourth-order valence-corrected chi connectivity index (χ4v) is 6.37. The minimum Gasteiger partial charge on any atom is -0.384 e. The van der Waals surface area contributed by atoms with Gasteiger partial charge in [-0.2, -0.15) is 0 Å². The van der Waals surface area contributed by atoms with Crippen LogP contribution < -0.4 is 15.4 Å². The molecule has 3 aromatic carbocycles. The summed E-state index contributed by atoms with van der Waals surface area (Å²) in [4.78, 5) is 18.6. The van der Waals surface area contributed by atoms with Gasteiger partial charge in [0.05, 0.1) is 21.6 Å². The second kappa shape index (κ2) is 13.2. The van der Waals surface area contributed by atoms with Crippen LogP contribution in [0.4, 0.5) is 11.4 Å². The number of hydrogen-bond acceptors (Lipinski definition) is 6. The van der Waals surface area contributed by atoms with Crippen molar-refractivity contribution in [1.82, 2.24) is 14.5 Å². The summed E-state index contributed by atoms with van der Waals surface area (Å²) >= 11 is 0. The van der Waals surface area contributed by atoms with Gasteiger partial charge < -0.3 is 20.5 Å². The minimum atomic E-state index is -3.90. The lowest BCUT2D eigenvalue weighted by molar-refractivity contribution is -0.114. The number of amides is 1. The van der Waals surface area contributed by atoms with E-state index in [1.54, 1.807) is 12.1 Å². The van der Waals surface area contributed by atoms with Gasteiger partial charge in [0.1, 0.15) is 11.7 Å². The van der Waals surface area contributed by atoms with Crippen LogP contribution in [0.15, 0.2) is 71.6 Å². The number of nitrogens with one attached hydrogen (secondary N) is 2. The monoisotopic (exact) mass is 589 g/mol. The molecule has 0 aliphatic heterocycles. The molecule has 0 aliphatic carbocycles. The molecule has 0 radical (unpaired) electrons. The fraction of sp³-hybridized carbons (Fsp3) is 0.323. The maximum Gasteiger partial charge on any atom is 0.264 e. The zero-order valence-corrected chi connectivity index (χ0v) is 25.4. The number of sulfonamides is 1. The standard InChI is InChI=1S/C31H39N7O3S/c1-5-37(6-2)19-20-38(42(40,41)27-15-12-25(13-16-27)34-22(3)39)26-14-17-29-28(21-26)35-30(36(29)4)18-9-23-7-10-24(11-8-23)31(32)33/h7-8,10-17,21H,5-6,9,18-20H2,1-4H3,(H3,32,33)(H,34,39). The molecule has 222 valence electrons. The van der Waals surface area contributed by atoms with Crippen molar-refractivity contribution in [2.75, 3.05) is 35.8 Å². The van der Waals surface area contributed by atoms with Gasteiger partial charge in [0.25, 0.3) is 10.0 Å². The second-order valence-corrected chi connectivity index (χ2v) is 12.0. The highest BCUT2D eigenvalue weighted by molar-refractivity contribution is 7.92. The number of likely N-dealkylation sites (N-methyl/N-ethyl adjacent to an activating group) is 1. The van der Waals surface area contributed by atoms with Crippen molar-refractivity contribution >= 4 is 44.2 Å². The molecule has 4 aromatic rings. The van der Waals surface area contributed by atoms with Gasteiger partial charge >= 0.3 is 0 Å². The number of rotatable bonds is 13. The molecular formula is C31H39N7O3S. The van der Waals surface area contributed by atoms with Gasteiger partial charge in [-0.15, -0.1) is 0 Å². The van der Waals surface area contributed by atoms with Crippen LogP contribution in [-0.2, 0) is 34.7 Å². The lowest BCUT2D eigenvalue weighted by Crippen LogP contribution is -2.38. The first kappa shape index (κ1) is 30.7. The molecule has 10 nitrogen and oxygen atoms in total. The number of nitrogens with two attached hydrogens (primary N) is 1. The third-order valence-corrected chi connectivity index (χ3v) is 9.27. The number of benzene rings is 3. The Morgan fingerprint density at radius 2 is 1.64 bits per heavy atom. The number of carbonyl (C=O) groups is 1. The van der Waals surface area contributed by atoms with E-state index in [2.05, 4.69) is 24.1 Å². The average Bonchev–Trinajstić information content (AvgIpc) is 3.28. The zero-order valence-electron chi connectivity index (χ0n) is 24.6. The highest BCUT2D eigenvalue weighted by Gasteiger charge is 2.26. The van der Waals surface area contributed by atoms with Crippen molar-refractivity contribution in [2.45, 2.75) is 38.5 Å². The molecule has 0 atom stereocenters. The first-order chi connectivity index (χ1) is 20.0. The SMILES string of the molecule is CCN(CC)CCN(c1ccc2c(c1)nc(CCc1ccc(C(=N)N)cc1)n2C)S(=O)(=O)c1ccc(NC(C)=O)cc1. The van der Waals surface area contributed by atoms with E-state index >= 15 is 0 Å². The number of nitrogens with zero attached hydrogens (tertiary/aromatic N) is 4. The molecule has 4 rings (SSSR count). The van der Waals surface area contributed by atoms with E-state index in [0.717, 1.165) is 41.9 Å². The predicted molar refractivity (Wildman–Crippen MR) is 169 cm³/mol. The summed E-state index contributed by atoms with van der Waals surface area (Å²) in [7, 11) is -1.94. The predicted octanol–water partition coefficient (Wildman–Crippen LogP) is 4.14. The molecule has 0 fully saturated rings.